The molecule has 0 bridgehead atoms. The van der Waals surface area contributed by atoms with Crippen LogP contribution in [-0.2, 0) is 14.3 Å². The van der Waals surface area contributed by atoms with Gasteiger partial charge in [-0.1, -0.05) is 17.7 Å². The standard InChI is InChI=1S/C18H20N4O5/c1-10-5-7-12(8-6-10)15-21-20-14(27-15)11(2)26-13(23)9-22-16(24)18(3,4)19-17(22)25/h5-8,11H,9H2,1-4H3,(H,19,25). The lowest BCUT2D eigenvalue weighted by Gasteiger charge is -2.16. The second-order valence-corrected chi connectivity index (χ2v) is 6.89. The third-order valence-electron chi connectivity index (χ3n) is 4.13. The summed E-state index contributed by atoms with van der Waals surface area (Å²) in [5, 5.41) is 10.4. The number of ether oxygens (including phenoxy) is 1. The first-order valence-corrected chi connectivity index (χ1v) is 8.41. The number of imide groups is 1. The molecule has 0 spiro atoms. The predicted molar refractivity (Wildman–Crippen MR) is 93.3 cm³/mol. The average molecular weight is 372 g/mol. The number of carbonyl (C=O) groups excluding carboxylic acids is 3. The molecule has 1 unspecified atom stereocenters. The molecule has 27 heavy (non-hydrogen) atoms. The van der Waals surface area contributed by atoms with E-state index in [0.29, 0.717) is 5.89 Å². The SMILES string of the molecule is Cc1ccc(-c2nnc(C(C)OC(=O)CN3C(=O)NC(C)(C)C3=O)o2)cc1. The van der Waals surface area contributed by atoms with Gasteiger partial charge < -0.3 is 14.5 Å². The molecule has 1 fully saturated rings. The Morgan fingerprint density at radius 3 is 2.52 bits per heavy atom. The molecule has 1 N–H and O–H groups in total. The third kappa shape index (κ3) is 3.81. The molecule has 2 heterocycles. The fourth-order valence-corrected chi connectivity index (χ4v) is 2.59. The van der Waals surface area contributed by atoms with Gasteiger partial charge in [0.2, 0.25) is 5.89 Å². The molecule has 0 aliphatic carbocycles. The van der Waals surface area contributed by atoms with Crippen molar-refractivity contribution in [3.8, 4) is 11.5 Å². The van der Waals surface area contributed by atoms with Gasteiger partial charge in [0.1, 0.15) is 12.1 Å². The normalized spacial score (nSPS) is 17.0. The van der Waals surface area contributed by atoms with Crippen LogP contribution < -0.4 is 5.32 Å². The lowest BCUT2D eigenvalue weighted by atomic mass is 10.1. The van der Waals surface area contributed by atoms with Gasteiger partial charge in [0.15, 0.2) is 6.10 Å². The molecule has 3 amide bonds. The van der Waals surface area contributed by atoms with Crippen LogP contribution in [0.15, 0.2) is 28.7 Å². The molecule has 1 aliphatic heterocycles. The number of aryl methyl sites for hydroxylation is 1. The second-order valence-electron chi connectivity index (χ2n) is 6.89. The van der Waals surface area contributed by atoms with Crippen LogP contribution >= 0.6 is 0 Å². The minimum Gasteiger partial charge on any atom is -0.451 e. The van der Waals surface area contributed by atoms with E-state index in [0.717, 1.165) is 16.0 Å². The minimum absolute atomic E-state index is 0.122. The van der Waals surface area contributed by atoms with Crippen LogP contribution in [0.4, 0.5) is 4.79 Å². The fraction of sp³-hybridized carbons (Fsp3) is 0.389. The van der Waals surface area contributed by atoms with Crippen molar-refractivity contribution >= 4 is 17.9 Å². The summed E-state index contributed by atoms with van der Waals surface area (Å²) < 4.78 is 10.8. The van der Waals surface area contributed by atoms with E-state index in [1.165, 1.54) is 0 Å². The van der Waals surface area contributed by atoms with Crippen LogP contribution in [0.1, 0.15) is 38.3 Å². The van der Waals surface area contributed by atoms with Crippen LogP contribution in [0, 0.1) is 6.92 Å². The molecular formula is C18H20N4O5. The van der Waals surface area contributed by atoms with E-state index >= 15 is 0 Å². The summed E-state index contributed by atoms with van der Waals surface area (Å²) in [6.07, 6.45) is -0.821. The van der Waals surface area contributed by atoms with Crippen molar-refractivity contribution in [1.29, 1.82) is 0 Å². The largest absolute Gasteiger partial charge is 0.451 e. The van der Waals surface area contributed by atoms with Crippen molar-refractivity contribution in [1.82, 2.24) is 20.4 Å². The Labute approximate surface area is 155 Å². The van der Waals surface area contributed by atoms with Gasteiger partial charge in [-0.2, -0.15) is 0 Å². The van der Waals surface area contributed by atoms with E-state index in [4.69, 9.17) is 9.15 Å². The molecule has 142 valence electrons. The van der Waals surface area contributed by atoms with Crippen molar-refractivity contribution in [3.05, 3.63) is 35.7 Å². The molecule has 3 rings (SSSR count). The zero-order chi connectivity index (χ0) is 19.8. The van der Waals surface area contributed by atoms with E-state index in [1.807, 2.05) is 31.2 Å². The van der Waals surface area contributed by atoms with Gasteiger partial charge in [-0.3, -0.25) is 14.5 Å². The van der Waals surface area contributed by atoms with Crippen molar-refractivity contribution in [3.63, 3.8) is 0 Å². The summed E-state index contributed by atoms with van der Waals surface area (Å²) in [5.41, 5.74) is 0.808. The lowest BCUT2D eigenvalue weighted by Crippen LogP contribution is -2.41. The Kier molecular flexibility index (Phi) is 4.69. The maximum absolute atomic E-state index is 12.1. The van der Waals surface area contributed by atoms with Gasteiger partial charge in [0.05, 0.1) is 0 Å². The number of nitrogens with one attached hydrogen (secondary N) is 1. The first kappa shape index (κ1) is 18.6. The van der Waals surface area contributed by atoms with Gasteiger partial charge in [0.25, 0.3) is 11.8 Å². The Balaban J connectivity index is 1.63. The summed E-state index contributed by atoms with van der Waals surface area (Å²) >= 11 is 0. The highest BCUT2D eigenvalue weighted by molar-refractivity contribution is 6.08. The number of hydrogen-bond donors (Lipinski definition) is 1. The minimum atomic E-state index is -1.04. The lowest BCUT2D eigenvalue weighted by molar-refractivity contribution is -0.152. The molecule has 2 aromatic rings. The molecule has 0 saturated carbocycles. The molecule has 1 aromatic heterocycles. The zero-order valence-electron chi connectivity index (χ0n) is 15.5. The number of rotatable bonds is 5. The number of amides is 3. The zero-order valence-corrected chi connectivity index (χ0v) is 15.5. The molecule has 1 atom stereocenters. The second kappa shape index (κ2) is 6.82. The highest BCUT2D eigenvalue weighted by Crippen LogP contribution is 2.23. The summed E-state index contributed by atoms with van der Waals surface area (Å²) in [6.45, 7) is 6.17. The molecule has 9 nitrogen and oxygen atoms in total. The summed E-state index contributed by atoms with van der Waals surface area (Å²) in [5.74, 6) is -0.810. The summed E-state index contributed by atoms with van der Waals surface area (Å²) in [4.78, 5) is 36.9. The van der Waals surface area contributed by atoms with Gasteiger partial charge in [-0.15, -0.1) is 10.2 Å². The number of esters is 1. The summed E-state index contributed by atoms with van der Waals surface area (Å²) in [6, 6.07) is 6.91. The monoisotopic (exact) mass is 372 g/mol. The van der Waals surface area contributed by atoms with Gasteiger partial charge in [-0.05, 0) is 39.8 Å². The van der Waals surface area contributed by atoms with E-state index in [9.17, 15) is 14.4 Å². The van der Waals surface area contributed by atoms with Gasteiger partial charge >= 0.3 is 12.0 Å². The molecule has 1 aromatic carbocycles. The van der Waals surface area contributed by atoms with Crippen LogP contribution in [-0.4, -0.2) is 45.1 Å². The van der Waals surface area contributed by atoms with E-state index in [-0.39, 0.29) is 5.89 Å². The highest BCUT2D eigenvalue weighted by Gasteiger charge is 2.45. The first-order chi connectivity index (χ1) is 12.7. The highest BCUT2D eigenvalue weighted by atomic mass is 16.6. The average Bonchev–Trinajstić information content (AvgIpc) is 3.15. The van der Waals surface area contributed by atoms with Crippen molar-refractivity contribution in [2.24, 2.45) is 0 Å². The molecule has 1 saturated heterocycles. The third-order valence-corrected chi connectivity index (χ3v) is 4.13. The Morgan fingerprint density at radius 1 is 1.26 bits per heavy atom. The Bertz CT molecular complexity index is 887. The fourth-order valence-electron chi connectivity index (χ4n) is 2.59. The van der Waals surface area contributed by atoms with Crippen LogP contribution in [0.2, 0.25) is 0 Å². The predicted octanol–water partition coefficient (Wildman–Crippen LogP) is 1.98. The van der Waals surface area contributed by atoms with Crippen molar-refractivity contribution in [2.75, 3.05) is 6.54 Å². The Morgan fingerprint density at radius 2 is 1.93 bits per heavy atom. The van der Waals surface area contributed by atoms with E-state index in [2.05, 4.69) is 15.5 Å². The number of nitrogens with zero attached hydrogens (tertiary/aromatic N) is 3. The van der Waals surface area contributed by atoms with Crippen LogP contribution in [0.3, 0.4) is 0 Å². The van der Waals surface area contributed by atoms with Crippen LogP contribution in [0.5, 0.6) is 0 Å². The molecule has 9 heteroatoms. The molecular weight excluding hydrogens is 352 g/mol. The maximum atomic E-state index is 12.1. The van der Waals surface area contributed by atoms with E-state index in [1.54, 1.807) is 20.8 Å². The van der Waals surface area contributed by atoms with Crippen molar-refractivity contribution < 1.29 is 23.5 Å². The number of aromatic nitrogens is 2. The number of benzene rings is 1. The number of carbonyl (C=O) groups is 3. The van der Waals surface area contributed by atoms with E-state index < -0.39 is 36.1 Å². The van der Waals surface area contributed by atoms with Gasteiger partial charge in [0, 0.05) is 5.56 Å². The quantitative estimate of drug-likeness (QED) is 0.630. The van der Waals surface area contributed by atoms with Gasteiger partial charge in [-0.25, -0.2) is 4.79 Å². The first-order valence-electron chi connectivity index (χ1n) is 8.41. The van der Waals surface area contributed by atoms with Crippen molar-refractivity contribution in [2.45, 2.75) is 39.3 Å². The Hall–Kier alpha value is -3.23. The topological polar surface area (TPSA) is 115 Å². The smallest absolute Gasteiger partial charge is 0.327 e. The number of urea groups is 1. The maximum Gasteiger partial charge on any atom is 0.327 e. The van der Waals surface area contributed by atoms with Crippen LogP contribution in [0.25, 0.3) is 11.5 Å². The molecule has 1 aliphatic rings. The number of hydrogen-bond acceptors (Lipinski definition) is 7. The summed E-state index contributed by atoms with van der Waals surface area (Å²) in [7, 11) is 0. The molecule has 0 radical (unpaired) electrons.